The minimum Gasteiger partial charge on any atom is -0.497 e. The third-order valence-electron chi connectivity index (χ3n) is 2.71. The summed E-state index contributed by atoms with van der Waals surface area (Å²) >= 11 is 0. The van der Waals surface area contributed by atoms with Crippen LogP contribution in [0.4, 0.5) is 0 Å². The highest BCUT2D eigenvalue weighted by Gasteiger charge is 2.08. The molecule has 0 saturated heterocycles. The van der Waals surface area contributed by atoms with Gasteiger partial charge >= 0.3 is 0 Å². The van der Waals surface area contributed by atoms with E-state index in [2.05, 4.69) is 6.07 Å². The molecule has 1 radical (unpaired) electrons. The van der Waals surface area contributed by atoms with Crippen molar-refractivity contribution in [3.63, 3.8) is 0 Å². The summed E-state index contributed by atoms with van der Waals surface area (Å²) < 4.78 is 15.8. The Morgan fingerprint density at radius 2 is 1.56 bits per heavy atom. The Morgan fingerprint density at radius 3 is 2.22 bits per heavy atom. The monoisotopic (exact) mass is 243 g/mol. The summed E-state index contributed by atoms with van der Waals surface area (Å²) in [4.78, 5) is 0. The van der Waals surface area contributed by atoms with Gasteiger partial charge in [-0.2, -0.15) is 0 Å². The van der Waals surface area contributed by atoms with Gasteiger partial charge in [-0.15, -0.1) is 0 Å². The lowest BCUT2D eigenvalue weighted by molar-refractivity contribution is 0.395. The summed E-state index contributed by atoms with van der Waals surface area (Å²) in [5, 5.41) is 0. The van der Waals surface area contributed by atoms with Crippen molar-refractivity contribution in [2.45, 2.75) is 0 Å². The van der Waals surface area contributed by atoms with Gasteiger partial charge in [0.05, 0.1) is 21.3 Å². The Kier molecular flexibility index (Phi) is 3.72. The van der Waals surface area contributed by atoms with Crippen molar-refractivity contribution in [3.8, 4) is 28.4 Å². The second-order valence-corrected chi connectivity index (χ2v) is 3.71. The van der Waals surface area contributed by atoms with Crippen LogP contribution >= 0.6 is 0 Å². The van der Waals surface area contributed by atoms with Crippen LogP contribution in [0.2, 0.25) is 0 Å². The van der Waals surface area contributed by atoms with Crippen LogP contribution < -0.4 is 14.2 Å². The molecule has 0 fully saturated rings. The van der Waals surface area contributed by atoms with Crippen molar-refractivity contribution in [1.29, 1.82) is 0 Å². The number of rotatable bonds is 4. The number of hydrogen-bond donors (Lipinski definition) is 0. The van der Waals surface area contributed by atoms with Crippen molar-refractivity contribution in [1.82, 2.24) is 0 Å². The molecule has 0 N–H and O–H groups in total. The molecule has 3 heteroatoms. The second-order valence-electron chi connectivity index (χ2n) is 3.71. The molecule has 0 spiro atoms. The van der Waals surface area contributed by atoms with Gasteiger partial charge in [0, 0.05) is 11.6 Å². The summed E-state index contributed by atoms with van der Waals surface area (Å²) in [5.74, 6) is 2.30. The van der Waals surface area contributed by atoms with Crippen LogP contribution in [0, 0.1) is 6.07 Å². The van der Waals surface area contributed by atoms with E-state index in [9.17, 15) is 0 Å². The molecule has 0 atom stereocenters. The molecule has 3 nitrogen and oxygen atoms in total. The topological polar surface area (TPSA) is 27.7 Å². The van der Waals surface area contributed by atoms with E-state index in [1.165, 1.54) is 0 Å². The normalized spacial score (nSPS) is 9.94. The van der Waals surface area contributed by atoms with Crippen molar-refractivity contribution < 1.29 is 14.2 Å². The summed E-state index contributed by atoms with van der Waals surface area (Å²) in [5.41, 5.74) is 1.88. The van der Waals surface area contributed by atoms with Gasteiger partial charge in [-0.1, -0.05) is 6.07 Å². The lowest BCUT2D eigenvalue weighted by Gasteiger charge is -2.11. The minimum absolute atomic E-state index is 0.749. The molecule has 0 aliphatic carbocycles. The molecule has 93 valence electrons. The summed E-state index contributed by atoms with van der Waals surface area (Å²) in [6.45, 7) is 0. The van der Waals surface area contributed by atoms with Crippen molar-refractivity contribution in [2.75, 3.05) is 21.3 Å². The van der Waals surface area contributed by atoms with Gasteiger partial charge in [0.2, 0.25) is 0 Å². The van der Waals surface area contributed by atoms with Gasteiger partial charge in [-0.3, -0.25) is 0 Å². The molecule has 0 amide bonds. The Bertz CT molecular complexity index is 535. The third kappa shape index (κ3) is 2.40. The molecule has 2 aromatic rings. The maximum atomic E-state index is 5.37. The molecular weight excluding hydrogens is 228 g/mol. The van der Waals surface area contributed by atoms with Gasteiger partial charge in [-0.05, 0) is 35.9 Å². The Morgan fingerprint density at radius 1 is 0.833 bits per heavy atom. The molecule has 18 heavy (non-hydrogen) atoms. The van der Waals surface area contributed by atoms with E-state index in [1.807, 2.05) is 36.4 Å². The predicted octanol–water partition coefficient (Wildman–Crippen LogP) is 3.18. The van der Waals surface area contributed by atoms with Crippen molar-refractivity contribution >= 4 is 0 Å². The first-order valence-corrected chi connectivity index (χ1v) is 5.56. The molecule has 0 aliphatic heterocycles. The largest absolute Gasteiger partial charge is 0.497 e. The minimum atomic E-state index is 0.749. The van der Waals surface area contributed by atoms with Crippen LogP contribution in [-0.2, 0) is 0 Å². The fraction of sp³-hybridized carbons (Fsp3) is 0.200. The van der Waals surface area contributed by atoms with Crippen LogP contribution in [0.15, 0.2) is 36.4 Å². The number of hydrogen-bond acceptors (Lipinski definition) is 3. The van der Waals surface area contributed by atoms with E-state index < -0.39 is 0 Å². The van der Waals surface area contributed by atoms with Crippen LogP contribution in [0.25, 0.3) is 11.1 Å². The highest BCUT2D eigenvalue weighted by molar-refractivity contribution is 5.72. The van der Waals surface area contributed by atoms with Crippen molar-refractivity contribution in [3.05, 3.63) is 42.5 Å². The molecule has 0 unspecified atom stereocenters. The Labute approximate surface area is 107 Å². The molecule has 0 aliphatic rings. The smallest absolute Gasteiger partial charge is 0.130 e. The molecule has 0 bridgehead atoms. The lowest BCUT2D eigenvalue weighted by atomic mass is 10.0. The summed E-state index contributed by atoms with van der Waals surface area (Å²) in [6.07, 6.45) is 0. The van der Waals surface area contributed by atoms with Crippen LogP contribution in [0.1, 0.15) is 0 Å². The van der Waals surface area contributed by atoms with Crippen molar-refractivity contribution in [2.24, 2.45) is 0 Å². The maximum absolute atomic E-state index is 5.37. The third-order valence-corrected chi connectivity index (χ3v) is 2.71. The van der Waals surface area contributed by atoms with Crippen LogP contribution in [0.3, 0.4) is 0 Å². The highest BCUT2D eigenvalue weighted by Crippen LogP contribution is 2.34. The highest BCUT2D eigenvalue weighted by atomic mass is 16.5. The summed E-state index contributed by atoms with van der Waals surface area (Å²) in [7, 11) is 4.91. The molecule has 0 heterocycles. The molecule has 0 saturated carbocycles. The number of benzene rings is 2. The van der Waals surface area contributed by atoms with Crippen LogP contribution in [0.5, 0.6) is 17.2 Å². The molecule has 2 aromatic carbocycles. The maximum Gasteiger partial charge on any atom is 0.130 e. The zero-order chi connectivity index (χ0) is 13.0. The molecule has 2 rings (SSSR count). The van der Waals surface area contributed by atoms with E-state index in [-0.39, 0.29) is 0 Å². The predicted molar refractivity (Wildman–Crippen MR) is 70.4 cm³/mol. The van der Waals surface area contributed by atoms with Crippen LogP contribution in [-0.4, -0.2) is 21.3 Å². The second kappa shape index (κ2) is 5.45. The van der Waals surface area contributed by atoms with Gasteiger partial charge in [-0.25, -0.2) is 0 Å². The zero-order valence-electron chi connectivity index (χ0n) is 10.7. The average Bonchev–Trinajstić information content (AvgIpc) is 2.46. The van der Waals surface area contributed by atoms with E-state index in [0.717, 1.165) is 28.4 Å². The fourth-order valence-corrected chi connectivity index (χ4v) is 1.75. The van der Waals surface area contributed by atoms with Gasteiger partial charge < -0.3 is 14.2 Å². The first-order chi connectivity index (χ1) is 8.78. The van der Waals surface area contributed by atoms with E-state index >= 15 is 0 Å². The quantitative estimate of drug-likeness (QED) is 0.825. The number of ether oxygens (including phenoxy) is 3. The van der Waals surface area contributed by atoms with E-state index in [4.69, 9.17) is 14.2 Å². The lowest BCUT2D eigenvalue weighted by Crippen LogP contribution is -1.91. The summed E-state index contributed by atoms with van der Waals surface area (Å²) in [6, 6.07) is 14.5. The number of methoxy groups -OCH3 is 3. The van der Waals surface area contributed by atoms with E-state index in [0.29, 0.717) is 0 Å². The zero-order valence-corrected chi connectivity index (χ0v) is 10.7. The van der Waals surface area contributed by atoms with Gasteiger partial charge in [0.25, 0.3) is 0 Å². The fourth-order valence-electron chi connectivity index (χ4n) is 1.75. The standard InChI is InChI=1S/C15H15O3/c1-16-12-6-4-5-11(9-12)14-8-7-13(17-2)10-15(14)18-3/h4,6-10H,1-3H3. The van der Waals surface area contributed by atoms with Gasteiger partial charge in [0.1, 0.15) is 17.2 Å². The molecular formula is C15H15O3. The SMILES string of the molecule is COc1cc[c]c(-c2ccc(OC)cc2OC)c1. The molecule has 0 aromatic heterocycles. The first kappa shape index (κ1) is 12.3. The first-order valence-electron chi connectivity index (χ1n) is 5.56. The van der Waals surface area contributed by atoms with Gasteiger partial charge in [0.15, 0.2) is 0 Å². The Balaban J connectivity index is 2.48. The Hall–Kier alpha value is -2.16. The average molecular weight is 243 g/mol. The van der Waals surface area contributed by atoms with E-state index in [1.54, 1.807) is 21.3 Å².